The Balaban J connectivity index is 1.94. The lowest BCUT2D eigenvalue weighted by Gasteiger charge is -2.22. The van der Waals surface area contributed by atoms with E-state index >= 15 is 0 Å². The van der Waals surface area contributed by atoms with E-state index in [-0.39, 0.29) is 0 Å². The summed E-state index contributed by atoms with van der Waals surface area (Å²) in [6.45, 7) is 5.07. The first kappa shape index (κ1) is 11.6. The molecule has 1 saturated carbocycles. The van der Waals surface area contributed by atoms with Crippen molar-refractivity contribution in [2.75, 3.05) is 0 Å². The molecule has 2 heterocycles. The van der Waals surface area contributed by atoms with Crippen molar-refractivity contribution in [2.24, 2.45) is 5.92 Å². The van der Waals surface area contributed by atoms with Gasteiger partial charge in [0.2, 0.25) is 0 Å². The molecule has 4 nitrogen and oxygen atoms in total. The fraction of sp³-hybridized carbons (Fsp3) is 0.643. The van der Waals surface area contributed by atoms with Gasteiger partial charge in [0.25, 0.3) is 0 Å². The van der Waals surface area contributed by atoms with Gasteiger partial charge in [0.15, 0.2) is 5.65 Å². The van der Waals surface area contributed by atoms with Gasteiger partial charge in [-0.3, -0.25) is 0 Å². The molecule has 1 aliphatic rings. The van der Waals surface area contributed by atoms with Crippen LogP contribution in [0, 0.1) is 19.8 Å². The largest absolute Gasteiger partial charge is 0.313 e. The van der Waals surface area contributed by atoms with Crippen molar-refractivity contribution in [3.8, 4) is 0 Å². The number of hydrogen-bond acceptors (Lipinski definition) is 3. The Bertz CT molecular complexity index is 552. The van der Waals surface area contributed by atoms with Crippen LogP contribution in [0.4, 0.5) is 0 Å². The van der Waals surface area contributed by atoms with E-state index in [0.717, 1.165) is 35.3 Å². The summed E-state index contributed by atoms with van der Waals surface area (Å²) in [6, 6.07) is 0. The van der Waals surface area contributed by atoms with Crippen LogP contribution in [0.15, 0.2) is 6.20 Å². The van der Waals surface area contributed by atoms with Crippen molar-refractivity contribution < 1.29 is 0 Å². The average Bonchev–Trinajstić information content (AvgIpc) is 2.67. The van der Waals surface area contributed by atoms with Gasteiger partial charge in [0.1, 0.15) is 17.2 Å². The molecular weight excluding hydrogens is 224 g/mol. The van der Waals surface area contributed by atoms with Crippen LogP contribution in [0.1, 0.15) is 43.8 Å². The summed E-state index contributed by atoms with van der Waals surface area (Å²) in [6.07, 6.45) is 8.70. The van der Waals surface area contributed by atoms with Gasteiger partial charge in [-0.2, -0.15) is 0 Å². The lowest BCUT2D eigenvalue weighted by molar-refractivity contribution is 0.319. The van der Waals surface area contributed by atoms with Gasteiger partial charge >= 0.3 is 0 Å². The Kier molecular flexibility index (Phi) is 3.02. The lowest BCUT2D eigenvalue weighted by atomic mass is 9.89. The third kappa shape index (κ3) is 2.11. The molecule has 0 unspecified atom stereocenters. The minimum Gasteiger partial charge on any atom is -0.313 e. The maximum Gasteiger partial charge on any atom is 0.163 e. The molecule has 1 fully saturated rings. The van der Waals surface area contributed by atoms with Gasteiger partial charge < -0.3 is 4.57 Å². The second-order valence-electron chi connectivity index (χ2n) is 5.40. The highest BCUT2D eigenvalue weighted by atomic mass is 15.1. The second-order valence-corrected chi connectivity index (χ2v) is 5.40. The van der Waals surface area contributed by atoms with Crippen molar-refractivity contribution >= 4 is 11.2 Å². The summed E-state index contributed by atoms with van der Waals surface area (Å²) in [5.41, 5.74) is 1.93. The van der Waals surface area contributed by atoms with Crippen LogP contribution < -0.4 is 0 Å². The third-order valence-corrected chi connectivity index (χ3v) is 3.96. The lowest BCUT2D eigenvalue weighted by Crippen LogP contribution is -2.15. The average molecular weight is 244 g/mol. The Morgan fingerprint density at radius 1 is 1.17 bits per heavy atom. The summed E-state index contributed by atoms with van der Waals surface area (Å²) >= 11 is 0. The molecule has 0 aliphatic heterocycles. The number of rotatable bonds is 2. The van der Waals surface area contributed by atoms with Crippen molar-refractivity contribution in [1.29, 1.82) is 0 Å². The van der Waals surface area contributed by atoms with Crippen LogP contribution in [0.25, 0.3) is 11.2 Å². The van der Waals surface area contributed by atoms with E-state index in [1.165, 1.54) is 32.1 Å². The third-order valence-electron chi connectivity index (χ3n) is 3.96. The number of aromatic nitrogens is 4. The van der Waals surface area contributed by atoms with Crippen LogP contribution in [0.2, 0.25) is 0 Å². The molecule has 0 spiro atoms. The number of hydrogen-bond donors (Lipinski definition) is 0. The minimum absolute atomic E-state index is 0.796. The monoisotopic (exact) mass is 244 g/mol. The van der Waals surface area contributed by atoms with Crippen LogP contribution in [-0.2, 0) is 6.54 Å². The van der Waals surface area contributed by atoms with Gasteiger partial charge in [-0.1, -0.05) is 19.3 Å². The standard InChI is InChI=1S/C14H20N4/c1-10-15-8-13-14(16-10)18(11(2)17-13)9-12-6-4-3-5-7-12/h8,12H,3-7,9H2,1-2H3. The first-order valence-corrected chi connectivity index (χ1v) is 6.90. The van der Waals surface area contributed by atoms with E-state index < -0.39 is 0 Å². The Morgan fingerprint density at radius 2 is 1.94 bits per heavy atom. The van der Waals surface area contributed by atoms with Crippen LogP contribution in [-0.4, -0.2) is 19.5 Å². The molecule has 0 bridgehead atoms. The fourth-order valence-corrected chi connectivity index (χ4v) is 2.96. The SMILES string of the molecule is Cc1ncc2nc(C)n(CC3CCCCC3)c2n1. The zero-order valence-electron chi connectivity index (χ0n) is 11.2. The number of aryl methyl sites for hydroxylation is 2. The molecule has 0 aromatic carbocycles. The van der Waals surface area contributed by atoms with Crippen molar-refractivity contribution in [3.63, 3.8) is 0 Å². The topological polar surface area (TPSA) is 43.6 Å². The second kappa shape index (κ2) is 4.67. The van der Waals surface area contributed by atoms with Gasteiger partial charge in [0.05, 0.1) is 6.20 Å². The number of fused-ring (bicyclic) bond motifs is 1. The van der Waals surface area contributed by atoms with E-state index in [2.05, 4.69) is 26.4 Å². The Labute approximate surface area is 107 Å². The number of imidazole rings is 1. The van der Waals surface area contributed by atoms with E-state index in [9.17, 15) is 0 Å². The van der Waals surface area contributed by atoms with E-state index in [4.69, 9.17) is 0 Å². The van der Waals surface area contributed by atoms with Gasteiger partial charge in [-0.05, 0) is 32.6 Å². The molecule has 18 heavy (non-hydrogen) atoms. The van der Waals surface area contributed by atoms with Gasteiger partial charge in [-0.15, -0.1) is 0 Å². The van der Waals surface area contributed by atoms with E-state index in [0.29, 0.717) is 0 Å². The molecular formula is C14H20N4. The maximum atomic E-state index is 4.56. The minimum atomic E-state index is 0.796. The normalized spacial score (nSPS) is 17.4. The van der Waals surface area contributed by atoms with Gasteiger partial charge in [-0.25, -0.2) is 15.0 Å². The molecule has 0 atom stereocenters. The highest BCUT2D eigenvalue weighted by molar-refractivity contribution is 5.70. The molecule has 2 aromatic rings. The van der Waals surface area contributed by atoms with Crippen LogP contribution in [0.3, 0.4) is 0 Å². The van der Waals surface area contributed by atoms with Crippen molar-refractivity contribution in [1.82, 2.24) is 19.5 Å². The molecule has 2 aromatic heterocycles. The first-order valence-electron chi connectivity index (χ1n) is 6.90. The Morgan fingerprint density at radius 3 is 2.72 bits per heavy atom. The zero-order valence-corrected chi connectivity index (χ0v) is 11.2. The first-order chi connectivity index (χ1) is 8.74. The summed E-state index contributed by atoms with van der Waals surface area (Å²) in [7, 11) is 0. The predicted octanol–water partition coefficient (Wildman–Crippen LogP) is 3.02. The molecule has 96 valence electrons. The van der Waals surface area contributed by atoms with Crippen LogP contribution >= 0.6 is 0 Å². The molecule has 0 amide bonds. The summed E-state index contributed by atoms with van der Waals surface area (Å²) in [5.74, 6) is 2.69. The maximum absolute atomic E-state index is 4.56. The molecule has 0 N–H and O–H groups in total. The van der Waals surface area contributed by atoms with E-state index in [1.54, 1.807) is 0 Å². The summed E-state index contributed by atoms with van der Waals surface area (Å²) < 4.78 is 2.28. The molecule has 0 saturated heterocycles. The molecule has 0 radical (unpaired) electrons. The molecule has 4 heteroatoms. The van der Waals surface area contributed by atoms with Gasteiger partial charge in [0, 0.05) is 6.54 Å². The molecule has 1 aliphatic carbocycles. The summed E-state index contributed by atoms with van der Waals surface area (Å²) in [5, 5.41) is 0. The van der Waals surface area contributed by atoms with Crippen molar-refractivity contribution in [2.45, 2.75) is 52.5 Å². The fourth-order valence-electron chi connectivity index (χ4n) is 2.96. The van der Waals surface area contributed by atoms with Crippen molar-refractivity contribution in [3.05, 3.63) is 17.8 Å². The number of nitrogens with zero attached hydrogens (tertiary/aromatic N) is 4. The molecule has 3 rings (SSSR count). The van der Waals surface area contributed by atoms with Crippen LogP contribution in [0.5, 0.6) is 0 Å². The zero-order chi connectivity index (χ0) is 12.5. The summed E-state index contributed by atoms with van der Waals surface area (Å²) in [4.78, 5) is 13.3. The smallest absolute Gasteiger partial charge is 0.163 e. The predicted molar refractivity (Wildman–Crippen MR) is 71.4 cm³/mol. The quantitative estimate of drug-likeness (QED) is 0.815. The highest BCUT2D eigenvalue weighted by Gasteiger charge is 2.17. The highest BCUT2D eigenvalue weighted by Crippen LogP contribution is 2.26. The Hall–Kier alpha value is -1.45. The van der Waals surface area contributed by atoms with E-state index in [1.807, 2.05) is 13.1 Å².